The van der Waals surface area contributed by atoms with Gasteiger partial charge in [0.2, 0.25) is 5.91 Å². The Morgan fingerprint density at radius 3 is 2.80 bits per heavy atom. The number of carbonyl (C=O) groups is 1. The summed E-state index contributed by atoms with van der Waals surface area (Å²) in [4.78, 5) is 15.3. The number of hydrogen-bond acceptors (Lipinski definition) is 4. The van der Waals surface area contributed by atoms with E-state index in [9.17, 15) is 18.0 Å². The number of hydrogen-bond donors (Lipinski definition) is 1. The second-order valence-electron chi connectivity index (χ2n) is 5.29. The summed E-state index contributed by atoms with van der Waals surface area (Å²) in [7, 11) is 0. The third-order valence-electron chi connectivity index (χ3n) is 3.37. The van der Waals surface area contributed by atoms with E-state index in [4.69, 9.17) is 4.42 Å². The van der Waals surface area contributed by atoms with Crippen LogP contribution in [0.3, 0.4) is 0 Å². The third kappa shape index (κ3) is 4.08. The minimum absolute atomic E-state index is 0.168. The van der Waals surface area contributed by atoms with Crippen LogP contribution >= 0.6 is 11.3 Å². The van der Waals surface area contributed by atoms with Gasteiger partial charge in [-0.2, -0.15) is 13.2 Å². The van der Waals surface area contributed by atoms with Crippen LogP contribution in [0.5, 0.6) is 0 Å². The highest BCUT2D eigenvalue weighted by Crippen LogP contribution is 2.34. The fourth-order valence-electron chi connectivity index (χ4n) is 2.17. The zero-order valence-corrected chi connectivity index (χ0v) is 13.9. The third-order valence-corrected chi connectivity index (χ3v) is 4.26. The number of aromatic nitrogens is 1. The molecule has 0 saturated carbocycles. The Kier molecular flexibility index (Phi) is 4.63. The van der Waals surface area contributed by atoms with Crippen molar-refractivity contribution in [2.75, 3.05) is 0 Å². The lowest BCUT2D eigenvalue weighted by Gasteiger charge is -2.07. The van der Waals surface area contributed by atoms with Gasteiger partial charge in [0, 0.05) is 17.9 Å². The number of furan rings is 1. The summed E-state index contributed by atoms with van der Waals surface area (Å²) in [5, 5.41) is 4.81. The molecule has 130 valence electrons. The number of amides is 1. The van der Waals surface area contributed by atoms with Gasteiger partial charge >= 0.3 is 6.18 Å². The largest absolute Gasteiger partial charge is 0.458 e. The molecule has 8 heteroatoms. The van der Waals surface area contributed by atoms with Crippen molar-refractivity contribution in [2.45, 2.75) is 19.6 Å². The van der Waals surface area contributed by atoms with Gasteiger partial charge in [-0.15, -0.1) is 11.3 Å². The average molecular weight is 366 g/mol. The van der Waals surface area contributed by atoms with Crippen LogP contribution < -0.4 is 5.32 Å². The fourth-order valence-corrected chi connectivity index (χ4v) is 2.98. The summed E-state index contributed by atoms with van der Waals surface area (Å²) in [5.41, 5.74) is 0.222. The van der Waals surface area contributed by atoms with Crippen LogP contribution in [0.1, 0.15) is 18.2 Å². The Hall–Kier alpha value is -2.61. The van der Waals surface area contributed by atoms with Crippen molar-refractivity contribution in [3.8, 4) is 22.0 Å². The fraction of sp³-hybridized carbons (Fsp3) is 0.176. The van der Waals surface area contributed by atoms with Gasteiger partial charge in [-0.3, -0.25) is 4.79 Å². The lowest BCUT2D eigenvalue weighted by molar-refractivity contribution is -0.137. The zero-order chi connectivity index (χ0) is 18.0. The van der Waals surface area contributed by atoms with Crippen molar-refractivity contribution in [1.82, 2.24) is 10.3 Å². The number of carbonyl (C=O) groups excluding carboxylic acids is 1. The summed E-state index contributed by atoms with van der Waals surface area (Å²) < 4.78 is 44.1. The summed E-state index contributed by atoms with van der Waals surface area (Å²) in [6, 6.07) is 8.47. The molecule has 4 nitrogen and oxygen atoms in total. The van der Waals surface area contributed by atoms with Crippen LogP contribution in [0.25, 0.3) is 22.0 Å². The number of rotatable bonds is 4. The van der Waals surface area contributed by atoms with E-state index in [1.54, 1.807) is 23.6 Å². The number of benzene rings is 1. The van der Waals surface area contributed by atoms with Gasteiger partial charge < -0.3 is 9.73 Å². The van der Waals surface area contributed by atoms with Crippen molar-refractivity contribution >= 4 is 17.2 Å². The molecule has 3 rings (SSSR count). The van der Waals surface area contributed by atoms with Gasteiger partial charge in [-0.1, -0.05) is 12.1 Å². The van der Waals surface area contributed by atoms with Crippen LogP contribution in [0.2, 0.25) is 0 Å². The first-order valence-electron chi connectivity index (χ1n) is 7.29. The van der Waals surface area contributed by atoms with Crippen molar-refractivity contribution in [1.29, 1.82) is 0 Å². The molecule has 0 unspecified atom stereocenters. The molecule has 0 saturated heterocycles. The SMILES string of the molecule is CC(=O)NCc1ccc(-c2csc(-c3cccc(C(F)(F)F)c3)n2)o1. The molecule has 0 atom stereocenters. The van der Waals surface area contributed by atoms with Crippen molar-refractivity contribution < 1.29 is 22.4 Å². The monoisotopic (exact) mass is 366 g/mol. The predicted octanol–water partition coefficient (Wildman–Crippen LogP) is 4.73. The van der Waals surface area contributed by atoms with E-state index >= 15 is 0 Å². The lowest BCUT2D eigenvalue weighted by Crippen LogP contribution is -2.18. The average Bonchev–Trinajstić information content (AvgIpc) is 3.21. The molecule has 3 aromatic rings. The first-order chi connectivity index (χ1) is 11.8. The quantitative estimate of drug-likeness (QED) is 0.727. The molecule has 1 N–H and O–H groups in total. The second-order valence-corrected chi connectivity index (χ2v) is 6.15. The molecule has 1 amide bonds. The molecular formula is C17H13F3N2O2S. The van der Waals surface area contributed by atoms with Crippen LogP contribution in [-0.2, 0) is 17.5 Å². The van der Waals surface area contributed by atoms with Crippen molar-refractivity contribution in [3.05, 3.63) is 53.1 Å². The zero-order valence-electron chi connectivity index (χ0n) is 13.1. The predicted molar refractivity (Wildman–Crippen MR) is 87.8 cm³/mol. The Morgan fingerprint density at radius 2 is 2.08 bits per heavy atom. The number of nitrogens with zero attached hydrogens (tertiary/aromatic N) is 1. The first kappa shape index (κ1) is 17.2. The Balaban J connectivity index is 1.82. The number of halogens is 3. The van der Waals surface area contributed by atoms with E-state index in [1.807, 2.05) is 0 Å². The molecule has 0 fully saturated rings. The van der Waals surface area contributed by atoms with Crippen molar-refractivity contribution in [3.63, 3.8) is 0 Å². The molecule has 1 aromatic carbocycles. The van der Waals surface area contributed by atoms with Crippen LogP contribution in [0.15, 0.2) is 46.2 Å². The summed E-state index contributed by atoms with van der Waals surface area (Å²) in [6.45, 7) is 1.67. The maximum absolute atomic E-state index is 12.8. The van der Waals surface area contributed by atoms with Crippen LogP contribution in [-0.4, -0.2) is 10.9 Å². The topological polar surface area (TPSA) is 55.1 Å². The highest BCUT2D eigenvalue weighted by atomic mass is 32.1. The minimum Gasteiger partial charge on any atom is -0.458 e. The van der Waals surface area contributed by atoms with E-state index < -0.39 is 11.7 Å². The summed E-state index contributed by atoms with van der Waals surface area (Å²) in [5.74, 6) is 0.895. The number of alkyl halides is 3. The number of nitrogens with one attached hydrogen (secondary N) is 1. The van der Waals surface area contributed by atoms with Gasteiger partial charge in [0.1, 0.15) is 16.5 Å². The highest BCUT2D eigenvalue weighted by Gasteiger charge is 2.30. The molecule has 0 aliphatic rings. The second kappa shape index (κ2) is 6.72. The Morgan fingerprint density at radius 1 is 1.28 bits per heavy atom. The molecule has 0 radical (unpaired) electrons. The van der Waals surface area contributed by atoms with Gasteiger partial charge in [0.15, 0.2) is 5.76 Å². The lowest BCUT2D eigenvalue weighted by atomic mass is 10.1. The molecule has 0 aliphatic heterocycles. The molecule has 25 heavy (non-hydrogen) atoms. The summed E-state index contributed by atoms with van der Waals surface area (Å²) in [6.07, 6.45) is -4.39. The maximum atomic E-state index is 12.8. The van der Waals surface area contributed by atoms with Crippen LogP contribution in [0, 0.1) is 0 Å². The smallest absolute Gasteiger partial charge is 0.416 e. The Bertz CT molecular complexity index is 899. The molecular weight excluding hydrogens is 353 g/mol. The molecule has 2 aromatic heterocycles. The van der Waals surface area contributed by atoms with Gasteiger partial charge in [-0.05, 0) is 24.3 Å². The van der Waals surface area contributed by atoms with E-state index in [-0.39, 0.29) is 12.5 Å². The van der Waals surface area contributed by atoms with E-state index in [0.29, 0.717) is 27.8 Å². The van der Waals surface area contributed by atoms with Gasteiger partial charge in [0.05, 0.1) is 12.1 Å². The van der Waals surface area contributed by atoms with Gasteiger partial charge in [-0.25, -0.2) is 4.98 Å². The van der Waals surface area contributed by atoms with E-state index in [2.05, 4.69) is 10.3 Å². The maximum Gasteiger partial charge on any atom is 0.416 e. The number of thiazole rings is 1. The molecule has 2 heterocycles. The normalized spacial score (nSPS) is 11.5. The Labute approximate surface area is 145 Å². The molecule has 0 bridgehead atoms. The van der Waals surface area contributed by atoms with Gasteiger partial charge in [0.25, 0.3) is 0 Å². The summed E-state index contributed by atoms with van der Waals surface area (Å²) >= 11 is 1.24. The van der Waals surface area contributed by atoms with E-state index in [1.165, 1.54) is 24.3 Å². The molecule has 0 aliphatic carbocycles. The highest BCUT2D eigenvalue weighted by molar-refractivity contribution is 7.13. The van der Waals surface area contributed by atoms with E-state index in [0.717, 1.165) is 12.1 Å². The molecule has 0 spiro atoms. The first-order valence-corrected chi connectivity index (χ1v) is 8.17. The minimum atomic E-state index is -4.39. The van der Waals surface area contributed by atoms with Crippen LogP contribution in [0.4, 0.5) is 13.2 Å². The van der Waals surface area contributed by atoms with Crippen molar-refractivity contribution in [2.24, 2.45) is 0 Å². The standard InChI is InChI=1S/C17H13F3N2O2S/c1-10(23)21-8-13-5-6-15(24-13)14-9-25-16(22-14)11-3-2-4-12(7-11)17(18,19)20/h2-7,9H,8H2,1H3,(H,21,23).